The van der Waals surface area contributed by atoms with Crippen LogP contribution in [0.4, 0.5) is 0 Å². The van der Waals surface area contributed by atoms with E-state index in [1.807, 2.05) is 56.3 Å². The topological polar surface area (TPSA) is 59.8 Å². The SMILES string of the molecule is Cc1cccc(-n2nnc(C(=O)NC3CCc4cc(Cl)ccc43)c2C)c1. The van der Waals surface area contributed by atoms with Crippen LogP contribution in [0.5, 0.6) is 0 Å². The highest BCUT2D eigenvalue weighted by atomic mass is 35.5. The van der Waals surface area contributed by atoms with Gasteiger partial charge in [0.15, 0.2) is 5.69 Å². The first-order chi connectivity index (χ1) is 12.5. The zero-order valence-corrected chi connectivity index (χ0v) is 15.4. The van der Waals surface area contributed by atoms with Gasteiger partial charge in [-0.05, 0) is 67.6 Å². The fraction of sp³-hybridized carbons (Fsp3) is 0.250. The van der Waals surface area contributed by atoms with Crippen molar-refractivity contribution in [1.82, 2.24) is 20.3 Å². The second-order valence-corrected chi connectivity index (χ2v) is 7.12. The van der Waals surface area contributed by atoms with Crippen molar-refractivity contribution in [2.75, 3.05) is 0 Å². The van der Waals surface area contributed by atoms with Crippen molar-refractivity contribution in [3.05, 3.63) is 75.6 Å². The molecule has 1 heterocycles. The van der Waals surface area contributed by atoms with Crippen LogP contribution in [0.3, 0.4) is 0 Å². The van der Waals surface area contributed by atoms with Crippen molar-refractivity contribution in [2.24, 2.45) is 0 Å². The van der Waals surface area contributed by atoms with Gasteiger partial charge in [0.05, 0.1) is 17.4 Å². The van der Waals surface area contributed by atoms with E-state index in [2.05, 4.69) is 15.6 Å². The maximum atomic E-state index is 12.8. The minimum absolute atomic E-state index is 0.0155. The standard InChI is InChI=1S/C20H19ClN4O/c1-12-4-3-5-16(10-12)25-13(2)19(23-24-25)20(26)22-18-9-6-14-11-15(21)7-8-17(14)18/h3-5,7-8,10-11,18H,6,9H2,1-2H3,(H,22,26). The average Bonchev–Trinajstić information content (AvgIpc) is 3.18. The molecular formula is C20H19ClN4O. The molecule has 1 aromatic heterocycles. The number of fused-ring (bicyclic) bond motifs is 1. The lowest BCUT2D eigenvalue weighted by atomic mass is 10.1. The molecule has 4 rings (SSSR count). The number of rotatable bonds is 3. The summed E-state index contributed by atoms with van der Waals surface area (Å²) in [6.45, 7) is 3.88. The normalized spacial score (nSPS) is 15.7. The molecular weight excluding hydrogens is 348 g/mol. The van der Waals surface area contributed by atoms with Crippen LogP contribution in [0.1, 0.15) is 45.3 Å². The van der Waals surface area contributed by atoms with E-state index in [0.717, 1.165) is 40.4 Å². The number of benzene rings is 2. The molecule has 0 fully saturated rings. The molecule has 1 atom stereocenters. The fourth-order valence-electron chi connectivity index (χ4n) is 3.51. The third kappa shape index (κ3) is 2.99. The lowest BCUT2D eigenvalue weighted by molar-refractivity contribution is 0.0931. The number of aryl methyl sites for hydroxylation is 2. The number of amides is 1. The molecule has 3 aromatic rings. The second kappa shape index (κ2) is 6.57. The number of nitrogens with zero attached hydrogens (tertiary/aromatic N) is 3. The lowest BCUT2D eigenvalue weighted by Gasteiger charge is -2.13. The van der Waals surface area contributed by atoms with Crippen molar-refractivity contribution in [2.45, 2.75) is 32.7 Å². The largest absolute Gasteiger partial charge is 0.344 e. The summed E-state index contributed by atoms with van der Waals surface area (Å²) >= 11 is 6.06. The summed E-state index contributed by atoms with van der Waals surface area (Å²) in [6.07, 6.45) is 1.78. The third-order valence-corrected chi connectivity index (χ3v) is 5.08. The van der Waals surface area contributed by atoms with Crippen LogP contribution in [-0.2, 0) is 6.42 Å². The Morgan fingerprint density at radius 3 is 2.88 bits per heavy atom. The van der Waals surface area contributed by atoms with E-state index in [0.29, 0.717) is 5.69 Å². The number of hydrogen-bond acceptors (Lipinski definition) is 3. The van der Waals surface area contributed by atoms with E-state index in [1.54, 1.807) is 4.68 Å². The monoisotopic (exact) mass is 366 g/mol. The predicted molar refractivity (Wildman–Crippen MR) is 101 cm³/mol. The molecule has 1 amide bonds. The van der Waals surface area contributed by atoms with Crippen LogP contribution in [0.2, 0.25) is 5.02 Å². The van der Waals surface area contributed by atoms with E-state index in [1.165, 1.54) is 5.56 Å². The molecule has 1 N–H and O–H groups in total. The number of carbonyl (C=O) groups excluding carboxylic acids is 1. The molecule has 1 aliphatic rings. The smallest absolute Gasteiger partial charge is 0.274 e. The number of aromatic nitrogens is 3. The Hall–Kier alpha value is -2.66. The van der Waals surface area contributed by atoms with Crippen LogP contribution in [-0.4, -0.2) is 20.9 Å². The Balaban J connectivity index is 1.57. The summed E-state index contributed by atoms with van der Waals surface area (Å²) in [5.41, 5.74) is 5.44. The van der Waals surface area contributed by atoms with Crippen LogP contribution >= 0.6 is 11.6 Å². The molecule has 0 radical (unpaired) electrons. The molecule has 5 nitrogen and oxygen atoms in total. The predicted octanol–water partition coefficient (Wildman–Crippen LogP) is 3.95. The highest BCUT2D eigenvalue weighted by Crippen LogP contribution is 2.33. The summed E-state index contributed by atoms with van der Waals surface area (Å²) in [5.74, 6) is -0.200. The van der Waals surface area contributed by atoms with E-state index in [4.69, 9.17) is 11.6 Å². The highest BCUT2D eigenvalue weighted by molar-refractivity contribution is 6.30. The number of nitrogens with one attached hydrogen (secondary N) is 1. The van der Waals surface area contributed by atoms with Crippen molar-refractivity contribution >= 4 is 17.5 Å². The molecule has 0 spiro atoms. The summed E-state index contributed by atoms with van der Waals surface area (Å²) in [5, 5.41) is 12.1. The third-order valence-electron chi connectivity index (χ3n) is 4.84. The fourth-order valence-corrected chi connectivity index (χ4v) is 3.70. The molecule has 0 saturated heterocycles. The Morgan fingerprint density at radius 1 is 1.23 bits per heavy atom. The van der Waals surface area contributed by atoms with E-state index in [-0.39, 0.29) is 11.9 Å². The van der Waals surface area contributed by atoms with Crippen molar-refractivity contribution in [3.63, 3.8) is 0 Å². The lowest BCUT2D eigenvalue weighted by Crippen LogP contribution is -2.28. The van der Waals surface area contributed by atoms with E-state index in [9.17, 15) is 4.79 Å². The average molecular weight is 367 g/mol. The summed E-state index contributed by atoms with van der Waals surface area (Å²) in [7, 11) is 0. The van der Waals surface area contributed by atoms with Gasteiger partial charge >= 0.3 is 0 Å². The first-order valence-corrected chi connectivity index (χ1v) is 8.99. The summed E-state index contributed by atoms with van der Waals surface area (Å²) in [4.78, 5) is 12.8. The van der Waals surface area contributed by atoms with Gasteiger partial charge in [-0.25, -0.2) is 4.68 Å². The van der Waals surface area contributed by atoms with Crippen molar-refractivity contribution in [1.29, 1.82) is 0 Å². The van der Waals surface area contributed by atoms with E-state index >= 15 is 0 Å². The maximum absolute atomic E-state index is 12.8. The molecule has 0 bridgehead atoms. The van der Waals surface area contributed by atoms with Crippen molar-refractivity contribution in [3.8, 4) is 5.69 Å². The van der Waals surface area contributed by atoms with Gasteiger partial charge in [-0.15, -0.1) is 5.10 Å². The number of halogens is 1. The number of hydrogen-bond donors (Lipinski definition) is 1. The van der Waals surface area contributed by atoms with Crippen LogP contribution in [0.25, 0.3) is 5.69 Å². The van der Waals surface area contributed by atoms with Crippen molar-refractivity contribution < 1.29 is 4.79 Å². The van der Waals surface area contributed by atoms with Crippen LogP contribution in [0, 0.1) is 13.8 Å². The van der Waals surface area contributed by atoms with Gasteiger partial charge in [-0.3, -0.25) is 4.79 Å². The van der Waals surface area contributed by atoms with Gasteiger partial charge in [0, 0.05) is 5.02 Å². The first-order valence-electron chi connectivity index (χ1n) is 8.61. The van der Waals surface area contributed by atoms with Crippen LogP contribution < -0.4 is 5.32 Å². The molecule has 26 heavy (non-hydrogen) atoms. The van der Waals surface area contributed by atoms with Gasteiger partial charge in [0.2, 0.25) is 0 Å². The summed E-state index contributed by atoms with van der Waals surface area (Å²) in [6, 6.07) is 13.8. The second-order valence-electron chi connectivity index (χ2n) is 6.68. The zero-order valence-electron chi connectivity index (χ0n) is 14.7. The Kier molecular flexibility index (Phi) is 4.24. The quantitative estimate of drug-likeness (QED) is 0.763. The molecule has 0 aliphatic heterocycles. The Labute approximate surface area is 157 Å². The maximum Gasteiger partial charge on any atom is 0.274 e. The van der Waals surface area contributed by atoms with Gasteiger partial charge in [0.25, 0.3) is 5.91 Å². The minimum atomic E-state index is -0.200. The number of carbonyl (C=O) groups is 1. The van der Waals surface area contributed by atoms with Gasteiger partial charge in [0.1, 0.15) is 0 Å². The minimum Gasteiger partial charge on any atom is -0.344 e. The molecule has 1 aliphatic carbocycles. The Bertz CT molecular complexity index is 995. The Morgan fingerprint density at radius 2 is 2.08 bits per heavy atom. The van der Waals surface area contributed by atoms with Gasteiger partial charge in [-0.1, -0.05) is 35.0 Å². The first kappa shape index (κ1) is 16.8. The summed E-state index contributed by atoms with van der Waals surface area (Å²) < 4.78 is 1.70. The van der Waals surface area contributed by atoms with E-state index < -0.39 is 0 Å². The zero-order chi connectivity index (χ0) is 18.3. The molecule has 132 valence electrons. The molecule has 1 unspecified atom stereocenters. The van der Waals surface area contributed by atoms with Gasteiger partial charge in [-0.2, -0.15) is 0 Å². The van der Waals surface area contributed by atoms with Crippen LogP contribution in [0.15, 0.2) is 42.5 Å². The molecule has 0 saturated carbocycles. The molecule has 2 aromatic carbocycles. The molecule has 6 heteroatoms. The van der Waals surface area contributed by atoms with Gasteiger partial charge < -0.3 is 5.32 Å². The highest BCUT2D eigenvalue weighted by Gasteiger charge is 2.26.